The topological polar surface area (TPSA) is 83.6 Å². The second-order valence-electron chi connectivity index (χ2n) is 5.97. The number of rotatable bonds is 7. The summed E-state index contributed by atoms with van der Waals surface area (Å²) in [5.74, 6) is -0.564. The van der Waals surface area contributed by atoms with Crippen LogP contribution in [-0.2, 0) is 21.2 Å². The minimum atomic E-state index is -3.66. The van der Waals surface area contributed by atoms with Crippen molar-refractivity contribution in [1.29, 1.82) is 0 Å². The van der Waals surface area contributed by atoms with E-state index >= 15 is 0 Å². The standard InChI is InChI=1S/C19H22N2O4S/c1-4-15-5-9-17(10-6-15)20-19(23)13-21(26(3,24)25)18-11-7-16(8-12-18)14(2)22/h5-12H,4,13H2,1-3H3,(H,20,23). The van der Waals surface area contributed by atoms with Gasteiger partial charge in [-0.3, -0.25) is 13.9 Å². The predicted octanol–water partition coefficient (Wildman–Crippen LogP) is 2.86. The zero-order valence-corrected chi connectivity index (χ0v) is 15.8. The van der Waals surface area contributed by atoms with Gasteiger partial charge in [-0.25, -0.2) is 8.42 Å². The molecule has 0 bridgehead atoms. The molecule has 0 aliphatic carbocycles. The van der Waals surface area contributed by atoms with E-state index in [1.54, 1.807) is 12.1 Å². The fourth-order valence-corrected chi connectivity index (χ4v) is 3.27. The summed E-state index contributed by atoms with van der Waals surface area (Å²) in [5.41, 5.74) is 2.55. The number of benzene rings is 2. The Morgan fingerprint density at radius 3 is 2.04 bits per heavy atom. The van der Waals surface area contributed by atoms with E-state index < -0.39 is 15.9 Å². The summed E-state index contributed by atoms with van der Waals surface area (Å²) in [4.78, 5) is 23.7. The third-order valence-corrected chi connectivity index (χ3v) is 5.04. The molecule has 138 valence electrons. The lowest BCUT2D eigenvalue weighted by atomic mass is 10.1. The molecule has 0 atom stereocenters. The van der Waals surface area contributed by atoms with E-state index in [0.29, 0.717) is 16.9 Å². The highest BCUT2D eigenvalue weighted by Gasteiger charge is 2.21. The SMILES string of the molecule is CCc1ccc(NC(=O)CN(c2ccc(C(C)=O)cc2)S(C)(=O)=O)cc1. The van der Waals surface area contributed by atoms with Gasteiger partial charge in [0.2, 0.25) is 15.9 Å². The molecule has 7 heteroatoms. The maximum absolute atomic E-state index is 12.3. The van der Waals surface area contributed by atoms with Crippen LogP contribution in [0, 0.1) is 0 Å². The Morgan fingerprint density at radius 2 is 1.58 bits per heavy atom. The minimum absolute atomic E-state index is 0.115. The first-order valence-corrected chi connectivity index (χ1v) is 10.0. The third kappa shape index (κ3) is 5.16. The quantitative estimate of drug-likeness (QED) is 0.756. The largest absolute Gasteiger partial charge is 0.325 e. The molecule has 2 aromatic rings. The number of carbonyl (C=O) groups excluding carboxylic acids is 2. The fourth-order valence-electron chi connectivity index (χ4n) is 2.42. The van der Waals surface area contributed by atoms with Crippen molar-refractivity contribution in [2.75, 3.05) is 22.4 Å². The van der Waals surface area contributed by atoms with Gasteiger partial charge in [0.15, 0.2) is 5.78 Å². The van der Waals surface area contributed by atoms with Crippen LogP contribution in [0.1, 0.15) is 29.8 Å². The van der Waals surface area contributed by atoms with Gasteiger partial charge in [-0.2, -0.15) is 0 Å². The van der Waals surface area contributed by atoms with Crippen molar-refractivity contribution in [3.05, 3.63) is 59.7 Å². The van der Waals surface area contributed by atoms with Crippen molar-refractivity contribution in [2.24, 2.45) is 0 Å². The first-order chi connectivity index (χ1) is 12.2. The van der Waals surface area contributed by atoms with E-state index in [1.165, 1.54) is 31.2 Å². The molecule has 0 aliphatic rings. The van der Waals surface area contributed by atoms with Crippen molar-refractivity contribution in [3.63, 3.8) is 0 Å². The van der Waals surface area contributed by atoms with E-state index in [9.17, 15) is 18.0 Å². The van der Waals surface area contributed by atoms with Crippen LogP contribution in [0.15, 0.2) is 48.5 Å². The molecule has 0 saturated heterocycles. The molecule has 0 aliphatic heterocycles. The van der Waals surface area contributed by atoms with E-state index in [4.69, 9.17) is 0 Å². The van der Waals surface area contributed by atoms with E-state index in [0.717, 1.165) is 22.5 Å². The molecular weight excluding hydrogens is 352 g/mol. The van der Waals surface area contributed by atoms with Crippen LogP contribution >= 0.6 is 0 Å². The molecule has 0 heterocycles. The number of hydrogen-bond donors (Lipinski definition) is 1. The number of carbonyl (C=O) groups is 2. The zero-order chi connectivity index (χ0) is 19.3. The van der Waals surface area contributed by atoms with Crippen molar-refractivity contribution in [3.8, 4) is 0 Å². The summed E-state index contributed by atoms with van der Waals surface area (Å²) in [5, 5.41) is 2.70. The smallest absolute Gasteiger partial charge is 0.245 e. The number of nitrogens with zero attached hydrogens (tertiary/aromatic N) is 1. The summed E-state index contributed by atoms with van der Waals surface area (Å²) in [6.45, 7) is 3.11. The van der Waals surface area contributed by atoms with Crippen LogP contribution in [0.4, 0.5) is 11.4 Å². The first-order valence-electron chi connectivity index (χ1n) is 8.18. The summed E-state index contributed by atoms with van der Waals surface area (Å²) < 4.78 is 25.2. The maximum Gasteiger partial charge on any atom is 0.245 e. The lowest BCUT2D eigenvalue weighted by Gasteiger charge is -2.22. The van der Waals surface area contributed by atoms with Crippen LogP contribution in [0.3, 0.4) is 0 Å². The molecule has 0 saturated carbocycles. The van der Waals surface area contributed by atoms with Crippen molar-refractivity contribution >= 4 is 33.1 Å². The van der Waals surface area contributed by atoms with E-state index in [1.807, 2.05) is 19.1 Å². The van der Waals surface area contributed by atoms with Gasteiger partial charge in [0.05, 0.1) is 11.9 Å². The first kappa shape index (κ1) is 19.7. The number of anilines is 2. The molecule has 1 amide bonds. The Hall–Kier alpha value is -2.67. The summed E-state index contributed by atoms with van der Waals surface area (Å²) in [6, 6.07) is 13.5. The Balaban J connectivity index is 2.16. The van der Waals surface area contributed by atoms with Gasteiger partial charge in [0.1, 0.15) is 6.54 Å². The Labute approximate surface area is 153 Å². The number of aryl methyl sites for hydroxylation is 1. The number of amides is 1. The number of ketones is 1. The van der Waals surface area contributed by atoms with Gasteiger partial charge >= 0.3 is 0 Å². The molecule has 0 fully saturated rings. The molecule has 0 unspecified atom stereocenters. The highest BCUT2D eigenvalue weighted by atomic mass is 32.2. The second-order valence-corrected chi connectivity index (χ2v) is 7.88. The highest BCUT2D eigenvalue weighted by molar-refractivity contribution is 7.92. The molecular formula is C19H22N2O4S. The van der Waals surface area contributed by atoms with E-state index in [-0.39, 0.29) is 12.3 Å². The Bertz CT molecular complexity index is 888. The highest BCUT2D eigenvalue weighted by Crippen LogP contribution is 2.19. The number of sulfonamides is 1. The van der Waals surface area contributed by atoms with Crippen LogP contribution in [0.2, 0.25) is 0 Å². The summed E-state index contributed by atoms with van der Waals surface area (Å²) >= 11 is 0. The number of nitrogens with one attached hydrogen (secondary N) is 1. The monoisotopic (exact) mass is 374 g/mol. The zero-order valence-electron chi connectivity index (χ0n) is 15.0. The average Bonchev–Trinajstić information content (AvgIpc) is 2.59. The molecule has 1 N–H and O–H groups in total. The normalized spacial score (nSPS) is 11.0. The lowest BCUT2D eigenvalue weighted by molar-refractivity contribution is -0.114. The van der Waals surface area contributed by atoms with Crippen LogP contribution < -0.4 is 9.62 Å². The average molecular weight is 374 g/mol. The summed E-state index contributed by atoms with van der Waals surface area (Å²) in [7, 11) is -3.66. The molecule has 2 rings (SSSR count). The van der Waals surface area contributed by atoms with Gasteiger partial charge in [0, 0.05) is 11.3 Å². The van der Waals surface area contributed by atoms with Crippen molar-refractivity contribution in [1.82, 2.24) is 0 Å². The van der Waals surface area contributed by atoms with Gasteiger partial charge in [-0.15, -0.1) is 0 Å². The molecule has 26 heavy (non-hydrogen) atoms. The van der Waals surface area contributed by atoms with Crippen LogP contribution in [0.25, 0.3) is 0 Å². The number of hydrogen-bond acceptors (Lipinski definition) is 4. The van der Waals surface area contributed by atoms with Crippen molar-refractivity contribution < 1.29 is 18.0 Å². The molecule has 6 nitrogen and oxygen atoms in total. The molecule has 2 aromatic carbocycles. The van der Waals surface area contributed by atoms with Gasteiger partial charge in [-0.1, -0.05) is 19.1 Å². The van der Waals surface area contributed by atoms with Gasteiger partial charge < -0.3 is 5.32 Å². The maximum atomic E-state index is 12.3. The van der Waals surface area contributed by atoms with Gasteiger partial charge in [-0.05, 0) is 55.3 Å². The summed E-state index contributed by atoms with van der Waals surface area (Å²) in [6.07, 6.45) is 1.93. The van der Waals surface area contributed by atoms with Crippen LogP contribution in [0.5, 0.6) is 0 Å². The number of Topliss-reactive ketones (excluding diaryl/α,β-unsaturated/α-hetero) is 1. The van der Waals surface area contributed by atoms with E-state index in [2.05, 4.69) is 5.32 Å². The fraction of sp³-hybridized carbons (Fsp3) is 0.263. The molecule has 0 aromatic heterocycles. The minimum Gasteiger partial charge on any atom is -0.325 e. The third-order valence-electron chi connectivity index (χ3n) is 3.90. The molecule has 0 radical (unpaired) electrons. The second kappa shape index (κ2) is 8.14. The van der Waals surface area contributed by atoms with Crippen molar-refractivity contribution in [2.45, 2.75) is 20.3 Å². The molecule has 0 spiro atoms. The lowest BCUT2D eigenvalue weighted by Crippen LogP contribution is -2.37. The van der Waals surface area contributed by atoms with Crippen LogP contribution in [-0.4, -0.2) is 32.9 Å². The Kier molecular flexibility index (Phi) is 6.15. The predicted molar refractivity (Wildman–Crippen MR) is 103 cm³/mol. The van der Waals surface area contributed by atoms with Gasteiger partial charge in [0.25, 0.3) is 0 Å². The Morgan fingerprint density at radius 1 is 1.00 bits per heavy atom.